The van der Waals surface area contributed by atoms with Gasteiger partial charge in [0, 0.05) is 30.7 Å². The summed E-state index contributed by atoms with van der Waals surface area (Å²) in [6.45, 7) is 7.59. The van der Waals surface area contributed by atoms with Crippen molar-refractivity contribution < 1.29 is 4.79 Å². The Morgan fingerprint density at radius 1 is 1.25 bits per heavy atom. The van der Waals surface area contributed by atoms with E-state index >= 15 is 0 Å². The lowest BCUT2D eigenvalue weighted by Crippen LogP contribution is -2.33. The largest absolute Gasteiger partial charge is 0.337 e. The van der Waals surface area contributed by atoms with E-state index in [0.717, 1.165) is 24.3 Å². The molecule has 1 aromatic carbocycles. The van der Waals surface area contributed by atoms with Gasteiger partial charge < -0.3 is 10.6 Å². The van der Waals surface area contributed by atoms with Gasteiger partial charge in [-0.25, -0.2) is 4.68 Å². The van der Waals surface area contributed by atoms with Crippen LogP contribution in [0.3, 0.4) is 0 Å². The molecule has 1 amide bonds. The van der Waals surface area contributed by atoms with Crippen LogP contribution in [-0.4, -0.2) is 39.7 Å². The summed E-state index contributed by atoms with van der Waals surface area (Å²) >= 11 is 0. The van der Waals surface area contributed by atoms with E-state index < -0.39 is 0 Å². The summed E-state index contributed by atoms with van der Waals surface area (Å²) in [6.07, 6.45) is 2.71. The van der Waals surface area contributed by atoms with Crippen LogP contribution in [0.5, 0.6) is 0 Å². The van der Waals surface area contributed by atoms with Crippen molar-refractivity contribution >= 4 is 18.3 Å². The fraction of sp³-hybridized carbons (Fsp3) is 0.444. The molecule has 1 aliphatic rings. The molecule has 1 aromatic heterocycles. The molecule has 5 nitrogen and oxygen atoms in total. The first kappa shape index (κ1) is 18.5. The van der Waals surface area contributed by atoms with Gasteiger partial charge in [0.1, 0.15) is 0 Å². The lowest BCUT2D eigenvalue weighted by molar-refractivity contribution is 0.0788. The van der Waals surface area contributed by atoms with Gasteiger partial charge in [0.2, 0.25) is 0 Å². The van der Waals surface area contributed by atoms with Gasteiger partial charge in [0.05, 0.1) is 16.9 Å². The average molecular weight is 349 g/mol. The number of nitrogens with zero attached hydrogens (tertiary/aromatic N) is 3. The predicted molar refractivity (Wildman–Crippen MR) is 98.0 cm³/mol. The van der Waals surface area contributed by atoms with Crippen molar-refractivity contribution in [2.24, 2.45) is 5.73 Å². The summed E-state index contributed by atoms with van der Waals surface area (Å²) in [7, 11) is 0. The van der Waals surface area contributed by atoms with Gasteiger partial charge >= 0.3 is 0 Å². The summed E-state index contributed by atoms with van der Waals surface area (Å²) in [5.41, 5.74) is 8.20. The molecular formula is C18H25ClN4O. The molecule has 0 unspecified atom stereocenters. The number of likely N-dealkylation sites (tertiary alicyclic amines) is 1. The van der Waals surface area contributed by atoms with Crippen molar-refractivity contribution in [2.45, 2.75) is 38.6 Å². The smallest absolute Gasteiger partial charge is 0.257 e. The van der Waals surface area contributed by atoms with Gasteiger partial charge in [-0.05, 0) is 18.6 Å². The van der Waals surface area contributed by atoms with E-state index in [0.29, 0.717) is 12.1 Å². The highest BCUT2D eigenvalue weighted by molar-refractivity contribution is 5.95. The van der Waals surface area contributed by atoms with Crippen molar-refractivity contribution in [1.29, 1.82) is 0 Å². The SMILES string of the molecule is CC(C)(C)c1nn(-c2ccccc2)cc1C(=O)N1CC[C@H](N)C1.Cl. The predicted octanol–water partition coefficient (Wildman–Crippen LogP) is 2.76. The first-order chi connectivity index (χ1) is 10.9. The molecule has 1 aliphatic heterocycles. The van der Waals surface area contributed by atoms with Gasteiger partial charge in [-0.15, -0.1) is 12.4 Å². The van der Waals surface area contributed by atoms with E-state index in [4.69, 9.17) is 10.8 Å². The van der Waals surface area contributed by atoms with Crippen LogP contribution in [0, 0.1) is 0 Å². The maximum atomic E-state index is 12.9. The normalized spacial score (nSPS) is 17.7. The Labute approximate surface area is 149 Å². The first-order valence-electron chi connectivity index (χ1n) is 8.06. The highest BCUT2D eigenvalue weighted by Gasteiger charge is 2.31. The lowest BCUT2D eigenvalue weighted by Gasteiger charge is -2.20. The molecule has 1 saturated heterocycles. The van der Waals surface area contributed by atoms with E-state index in [1.165, 1.54) is 0 Å². The Balaban J connectivity index is 0.00000208. The molecule has 0 spiro atoms. The number of amides is 1. The highest BCUT2D eigenvalue weighted by atomic mass is 35.5. The summed E-state index contributed by atoms with van der Waals surface area (Å²) in [5.74, 6) is 0.0325. The number of benzene rings is 1. The number of hydrogen-bond donors (Lipinski definition) is 1. The first-order valence-corrected chi connectivity index (χ1v) is 8.06. The zero-order valence-corrected chi connectivity index (χ0v) is 15.2. The number of carbonyl (C=O) groups is 1. The van der Waals surface area contributed by atoms with Crippen LogP contribution in [-0.2, 0) is 5.41 Å². The minimum absolute atomic E-state index is 0. The van der Waals surface area contributed by atoms with Crippen LogP contribution in [0.15, 0.2) is 36.5 Å². The Hall–Kier alpha value is -1.85. The number of hydrogen-bond acceptors (Lipinski definition) is 3. The zero-order valence-electron chi connectivity index (χ0n) is 14.4. The molecule has 0 aliphatic carbocycles. The van der Waals surface area contributed by atoms with E-state index in [-0.39, 0.29) is 29.8 Å². The van der Waals surface area contributed by atoms with Crippen molar-refractivity contribution in [3.8, 4) is 5.69 Å². The monoisotopic (exact) mass is 348 g/mol. The van der Waals surface area contributed by atoms with Crippen LogP contribution >= 0.6 is 12.4 Å². The number of halogens is 1. The fourth-order valence-electron chi connectivity index (χ4n) is 2.94. The minimum atomic E-state index is -0.202. The van der Waals surface area contributed by atoms with Crippen molar-refractivity contribution in [3.05, 3.63) is 47.8 Å². The third kappa shape index (κ3) is 3.62. The minimum Gasteiger partial charge on any atom is -0.337 e. The van der Waals surface area contributed by atoms with E-state index in [1.54, 1.807) is 4.68 Å². The maximum absolute atomic E-state index is 12.9. The summed E-state index contributed by atoms with van der Waals surface area (Å²) in [6, 6.07) is 9.96. The van der Waals surface area contributed by atoms with Crippen molar-refractivity contribution in [3.63, 3.8) is 0 Å². The number of para-hydroxylation sites is 1. The third-order valence-corrected chi connectivity index (χ3v) is 4.19. The molecule has 0 bridgehead atoms. The molecular weight excluding hydrogens is 324 g/mol. The zero-order chi connectivity index (χ0) is 16.6. The van der Waals surface area contributed by atoms with Crippen LogP contribution in [0.1, 0.15) is 43.2 Å². The average Bonchev–Trinajstić information content (AvgIpc) is 3.13. The molecule has 2 heterocycles. The molecule has 2 aromatic rings. The Morgan fingerprint density at radius 2 is 1.92 bits per heavy atom. The maximum Gasteiger partial charge on any atom is 0.257 e. The second-order valence-corrected chi connectivity index (χ2v) is 7.22. The van der Waals surface area contributed by atoms with Crippen LogP contribution in [0.2, 0.25) is 0 Å². The van der Waals surface area contributed by atoms with Crippen LogP contribution in [0.4, 0.5) is 0 Å². The standard InChI is InChI=1S/C18H24N4O.ClH/c1-18(2,3)16-15(17(23)21-10-9-13(19)11-21)12-22(20-16)14-7-5-4-6-8-14;/h4-8,12-13H,9-11,19H2,1-3H3;1H/t13-;/m0./s1. The highest BCUT2D eigenvalue weighted by Crippen LogP contribution is 2.27. The van der Waals surface area contributed by atoms with E-state index in [1.807, 2.05) is 41.4 Å². The molecule has 1 fully saturated rings. The molecule has 0 saturated carbocycles. The van der Waals surface area contributed by atoms with E-state index in [2.05, 4.69) is 20.8 Å². The number of aromatic nitrogens is 2. The Kier molecular flexibility index (Phi) is 5.35. The van der Waals surface area contributed by atoms with Gasteiger partial charge in [-0.1, -0.05) is 39.0 Å². The summed E-state index contributed by atoms with van der Waals surface area (Å²) in [4.78, 5) is 14.8. The Bertz CT molecular complexity index is 706. The summed E-state index contributed by atoms with van der Waals surface area (Å²) in [5, 5.41) is 4.70. The molecule has 0 radical (unpaired) electrons. The van der Waals surface area contributed by atoms with Crippen LogP contribution < -0.4 is 5.73 Å². The molecule has 1 atom stereocenters. The number of nitrogens with two attached hydrogens (primary N) is 1. The van der Waals surface area contributed by atoms with Gasteiger partial charge in [-0.2, -0.15) is 5.10 Å². The van der Waals surface area contributed by atoms with Gasteiger partial charge in [-0.3, -0.25) is 4.79 Å². The van der Waals surface area contributed by atoms with Gasteiger partial charge in [0.25, 0.3) is 5.91 Å². The second kappa shape index (κ2) is 6.95. The molecule has 130 valence electrons. The Morgan fingerprint density at radius 3 is 2.46 bits per heavy atom. The molecule has 6 heteroatoms. The number of rotatable bonds is 2. The van der Waals surface area contributed by atoms with Gasteiger partial charge in [0.15, 0.2) is 0 Å². The van der Waals surface area contributed by atoms with Crippen molar-refractivity contribution in [2.75, 3.05) is 13.1 Å². The molecule has 2 N–H and O–H groups in total. The second-order valence-electron chi connectivity index (χ2n) is 7.22. The topological polar surface area (TPSA) is 64.2 Å². The fourth-order valence-corrected chi connectivity index (χ4v) is 2.94. The number of carbonyl (C=O) groups excluding carboxylic acids is 1. The van der Waals surface area contributed by atoms with E-state index in [9.17, 15) is 4.79 Å². The molecule has 3 rings (SSSR count). The van der Waals surface area contributed by atoms with Crippen LogP contribution in [0.25, 0.3) is 5.69 Å². The lowest BCUT2D eigenvalue weighted by atomic mass is 9.89. The molecule has 24 heavy (non-hydrogen) atoms. The third-order valence-electron chi connectivity index (χ3n) is 4.19. The quantitative estimate of drug-likeness (QED) is 0.907. The summed E-state index contributed by atoms with van der Waals surface area (Å²) < 4.78 is 1.80. The van der Waals surface area contributed by atoms with Crippen molar-refractivity contribution in [1.82, 2.24) is 14.7 Å².